The summed E-state index contributed by atoms with van der Waals surface area (Å²) in [6.07, 6.45) is 4.31. The predicted molar refractivity (Wildman–Crippen MR) is 106 cm³/mol. The first kappa shape index (κ1) is 18.7. The maximum atomic E-state index is 13.7. The van der Waals surface area contributed by atoms with E-state index in [2.05, 4.69) is 10.6 Å². The second-order valence-corrected chi connectivity index (χ2v) is 7.78. The molecule has 1 aliphatic carbocycles. The Kier molecular flexibility index (Phi) is 5.48. The number of nitrogens with zero attached hydrogens (tertiary/aromatic N) is 1. The number of halogens is 1. The van der Waals surface area contributed by atoms with Crippen LogP contribution in [0.1, 0.15) is 37.7 Å². The van der Waals surface area contributed by atoms with Crippen LogP contribution in [-0.2, 0) is 11.3 Å². The van der Waals surface area contributed by atoms with Gasteiger partial charge in [0.15, 0.2) is 0 Å². The van der Waals surface area contributed by atoms with Crippen LogP contribution in [0.15, 0.2) is 48.5 Å². The zero-order valence-corrected chi connectivity index (χ0v) is 15.8. The molecule has 0 radical (unpaired) electrons. The molecule has 5 nitrogen and oxygen atoms in total. The summed E-state index contributed by atoms with van der Waals surface area (Å²) in [5, 5.41) is 18.0. The number of hydrogen-bond donors (Lipinski definition) is 3. The molecule has 1 amide bonds. The fraction of sp³-hybridized carbons (Fsp3) is 0.409. The highest BCUT2D eigenvalue weighted by molar-refractivity contribution is 5.78. The maximum absolute atomic E-state index is 13.7. The van der Waals surface area contributed by atoms with E-state index in [1.807, 2.05) is 24.3 Å². The molecule has 1 heterocycles. The van der Waals surface area contributed by atoms with Gasteiger partial charge in [-0.15, -0.1) is 0 Å². The first-order valence-electron chi connectivity index (χ1n) is 9.96. The summed E-state index contributed by atoms with van der Waals surface area (Å²) in [5.74, 6) is 0.182. The van der Waals surface area contributed by atoms with Crippen molar-refractivity contribution in [2.45, 2.75) is 44.8 Å². The van der Waals surface area contributed by atoms with Gasteiger partial charge in [-0.2, -0.15) is 0 Å². The lowest BCUT2D eigenvalue weighted by atomic mass is 9.79. The summed E-state index contributed by atoms with van der Waals surface area (Å²) < 4.78 is 13.7. The van der Waals surface area contributed by atoms with Gasteiger partial charge in [-0.25, -0.2) is 9.45 Å². The third kappa shape index (κ3) is 3.97. The van der Waals surface area contributed by atoms with Crippen molar-refractivity contribution in [3.8, 4) is 0 Å². The summed E-state index contributed by atoms with van der Waals surface area (Å²) in [6.45, 7) is 0.231. The van der Waals surface area contributed by atoms with Gasteiger partial charge in [0.1, 0.15) is 12.0 Å². The predicted octanol–water partition coefficient (Wildman–Crippen LogP) is 4.29. The van der Waals surface area contributed by atoms with Crippen LogP contribution in [0.2, 0.25) is 0 Å². The molecule has 2 aromatic carbocycles. The van der Waals surface area contributed by atoms with E-state index in [4.69, 9.17) is 0 Å². The third-order valence-corrected chi connectivity index (χ3v) is 5.95. The average Bonchev–Trinajstić information content (AvgIpc) is 3.03. The number of rotatable bonds is 5. The number of carbonyl (C=O) groups is 1. The van der Waals surface area contributed by atoms with E-state index in [1.165, 1.54) is 11.1 Å². The largest absolute Gasteiger partial charge is 0.362 e. The molecule has 148 valence electrons. The van der Waals surface area contributed by atoms with Crippen LogP contribution in [-0.4, -0.2) is 17.3 Å². The second kappa shape index (κ2) is 8.19. The molecule has 0 spiro atoms. The van der Waals surface area contributed by atoms with Gasteiger partial charge in [0, 0.05) is 18.0 Å². The fourth-order valence-electron chi connectivity index (χ4n) is 4.31. The molecule has 2 aromatic rings. The van der Waals surface area contributed by atoms with Crippen LogP contribution in [0, 0.1) is 17.7 Å². The van der Waals surface area contributed by atoms with Gasteiger partial charge in [0.25, 0.3) is 0 Å². The van der Waals surface area contributed by atoms with Crippen molar-refractivity contribution in [2.24, 2.45) is 11.8 Å². The Balaban J connectivity index is 1.24. The first-order chi connectivity index (χ1) is 13.6. The van der Waals surface area contributed by atoms with Crippen molar-refractivity contribution in [2.75, 3.05) is 10.4 Å². The molecule has 1 fully saturated rings. The number of para-hydroxylation sites is 2. The van der Waals surface area contributed by atoms with E-state index in [-0.39, 0.29) is 30.4 Å². The van der Waals surface area contributed by atoms with Crippen LogP contribution >= 0.6 is 0 Å². The Labute approximate surface area is 164 Å². The standard InChI is InChI=1S/C22H26FN3O2/c23-18-6-2-1-5-17(18)14-24-22(27)16-11-9-15(10-12-16)13-21-25-19-7-3-4-8-20(19)26(21)28/h1-8,15-16,21,25,28H,9-14H2,(H,24,27)/t15-,16-,21?. The SMILES string of the molecule is O=C(NCc1ccccc1F)[C@H]1CC[C@H](CC2Nc3ccccc3N2O)CC1. The molecule has 1 atom stereocenters. The molecule has 1 saturated carbocycles. The minimum absolute atomic E-state index is 0.0110. The monoisotopic (exact) mass is 383 g/mol. The smallest absolute Gasteiger partial charge is 0.223 e. The molecule has 3 N–H and O–H groups in total. The van der Waals surface area contributed by atoms with E-state index in [9.17, 15) is 14.4 Å². The molecule has 2 aliphatic rings. The summed E-state index contributed by atoms with van der Waals surface area (Å²) in [4.78, 5) is 12.4. The topological polar surface area (TPSA) is 64.6 Å². The summed E-state index contributed by atoms with van der Waals surface area (Å²) >= 11 is 0. The quantitative estimate of drug-likeness (QED) is 0.721. The van der Waals surface area contributed by atoms with Crippen LogP contribution in [0.5, 0.6) is 0 Å². The van der Waals surface area contributed by atoms with Gasteiger partial charge < -0.3 is 10.6 Å². The molecule has 4 rings (SSSR count). The Morgan fingerprint density at radius 1 is 1.11 bits per heavy atom. The maximum Gasteiger partial charge on any atom is 0.223 e. The lowest BCUT2D eigenvalue weighted by Gasteiger charge is -2.31. The van der Waals surface area contributed by atoms with Gasteiger partial charge in [0.05, 0.1) is 11.4 Å². The number of hydroxylamine groups is 1. The molecule has 1 aliphatic heterocycles. The number of benzene rings is 2. The van der Waals surface area contributed by atoms with E-state index >= 15 is 0 Å². The molecule has 1 unspecified atom stereocenters. The van der Waals surface area contributed by atoms with Crippen LogP contribution < -0.4 is 15.7 Å². The molecule has 0 aromatic heterocycles. The van der Waals surface area contributed by atoms with E-state index < -0.39 is 0 Å². The van der Waals surface area contributed by atoms with Crippen LogP contribution in [0.4, 0.5) is 15.8 Å². The minimum atomic E-state index is -0.287. The Morgan fingerprint density at radius 3 is 2.57 bits per heavy atom. The highest BCUT2D eigenvalue weighted by Crippen LogP contribution is 2.38. The lowest BCUT2D eigenvalue weighted by molar-refractivity contribution is -0.126. The van der Waals surface area contributed by atoms with Crippen LogP contribution in [0.25, 0.3) is 0 Å². The summed E-state index contributed by atoms with van der Waals surface area (Å²) in [6, 6.07) is 14.3. The molecular weight excluding hydrogens is 357 g/mol. The number of hydrogen-bond acceptors (Lipinski definition) is 4. The van der Waals surface area contributed by atoms with E-state index in [0.29, 0.717) is 11.5 Å². The molecule has 0 bridgehead atoms. The number of carbonyl (C=O) groups excluding carboxylic acids is 1. The van der Waals surface area contributed by atoms with E-state index in [0.717, 1.165) is 43.5 Å². The summed E-state index contributed by atoms with van der Waals surface area (Å²) in [7, 11) is 0. The van der Waals surface area contributed by atoms with Gasteiger partial charge >= 0.3 is 0 Å². The van der Waals surface area contributed by atoms with Crippen molar-refractivity contribution in [3.05, 3.63) is 59.9 Å². The summed E-state index contributed by atoms with van der Waals surface area (Å²) in [5.41, 5.74) is 2.28. The van der Waals surface area contributed by atoms with E-state index in [1.54, 1.807) is 18.2 Å². The highest BCUT2D eigenvalue weighted by atomic mass is 19.1. The van der Waals surface area contributed by atoms with Crippen molar-refractivity contribution in [1.82, 2.24) is 5.32 Å². The third-order valence-electron chi connectivity index (χ3n) is 5.95. The zero-order chi connectivity index (χ0) is 19.5. The Hall–Kier alpha value is -2.60. The second-order valence-electron chi connectivity index (χ2n) is 7.78. The van der Waals surface area contributed by atoms with Crippen molar-refractivity contribution in [3.63, 3.8) is 0 Å². The first-order valence-corrected chi connectivity index (χ1v) is 9.96. The fourth-order valence-corrected chi connectivity index (χ4v) is 4.31. The number of nitrogens with one attached hydrogen (secondary N) is 2. The molecule has 6 heteroatoms. The number of anilines is 2. The van der Waals surface area contributed by atoms with Gasteiger partial charge in [-0.1, -0.05) is 30.3 Å². The number of fused-ring (bicyclic) bond motifs is 1. The Morgan fingerprint density at radius 2 is 1.82 bits per heavy atom. The van der Waals surface area contributed by atoms with Crippen LogP contribution in [0.3, 0.4) is 0 Å². The highest BCUT2D eigenvalue weighted by Gasteiger charge is 2.32. The lowest BCUT2D eigenvalue weighted by Crippen LogP contribution is -2.37. The van der Waals surface area contributed by atoms with Crippen molar-refractivity contribution in [1.29, 1.82) is 0 Å². The van der Waals surface area contributed by atoms with Crippen molar-refractivity contribution >= 4 is 17.3 Å². The van der Waals surface area contributed by atoms with Gasteiger partial charge in [-0.05, 0) is 56.2 Å². The zero-order valence-electron chi connectivity index (χ0n) is 15.8. The molecule has 0 saturated heterocycles. The Bertz CT molecular complexity index is 836. The van der Waals surface area contributed by atoms with Crippen molar-refractivity contribution < 1.29 is 14.4 Å². The molecular formula is C22H26FN3O2. The normalized spacial score (nSPS) is 23.8. The number of amides is 1. The van der Waals surface area contributed by atoms with Gasteiger partial charge in [-0.3, -0.25) is 10.0 Å². The average molecular weight is 383 g/mol. The van der Waals surface area contributed by atoms with Gasteiger partial charge in [0.2, 0.25) is 5.91 Å². The molecule has 28 heavy (non-hydrogen) atoms. The minimum Gasteiger partial charge on any atom is -0.362 e.